The highest BCUT2D eigenvalue weighted by Gasteiger charge is 2.59. The second kappa shape index (κ2) is 9.15. The SMILES string of the molecule is CC(C)CCC[C@@H](C)[C@H]1CCC2[C@@H]3CC=C4C[C@@H](OC(C)C)CC[C@]4(C)C3CC[C@@]21C. The van der Waals surface area contributed by atoms with Gasteiger partial charge in [-0.25, -0.2) is 0 Å². The van der Waals surface area contributed by atoms with Crippen LogP contribution in [0.3, 0.4) is 0 Å². The van der Waals surface area contributed by atoms with Crippen molar-refractivity contribution in [3.63, 3.8) is 0 Å². The Morgan fingerprint density at radius 2 is 1.71 bits per heavy atom. The molecule has 3 saturated carbocycles. The van der Waals surface area contributed by atoms with Crippen LogP contribution in [0.2, 0.25) is 0 Å². The topological polar surface area (TPSA) is 9.23 Å². The van der Waals surface area contributed by atoms with Gasteiger partial charge < -0.3 is 4.74 Å². The summed E-state index contributed by atoms with van der Waals surface area (Å²) in [6.45, 7) is 17.1. The second-order valence-corrected chi connectivity index (χ2v) is 13.3. The first-order valence-electron chi connectivity index (χ1n) is 14.0. The first-order valence-corrected chi connectivity index (χ1v) is 14.0. The Balaban J connectivity index is 1.46. The van der Waals surface area contributed by atoms with Gasteiger partial charge in [-0.2, -0.15) is 0 Å². The minimum absolute atomic E-state index is 0.361. The molecule has 4 aliphatic carbocycles. The predicted octanol–water partition coefficient (Wildman–Crippen LogP) is 8.82. The van der Waals surface area contributed by atoms with Gasteiger partial charge in [-0.05, 0) is 112 Å². The summed E-state index contributed by atoms with van der Waals surface area (Å²) in [7, 11) is 0. The molecule has 4 rings (SSSR count). The molecule has 0 amide bonds. The van der Waals surface area contributed by atoms with Crippen molar-refractivity contribution in [2.75, 3.05) is 0 Å². The van der Waals surface area contributed by atoms with Crippen LogP contribution in [-0.4, -0.2) is 12.2 Å². The maximum absolute atomic E-state index is 6.25. The normalized spacial score (nSPS) is 43.4. The van der Waals surface area contributed by atoms with E-state index in [2.05, 4.69) is 54.5 Å². The highest BCUT2D eigenvalue weighted by atomic mass is 16.5. The molecule has 178 valence electrons. The van der Waals surface area contributed by atoms with Crippen molar-refractivity contribution in [3.8, 4) is 0 Å². The Labute approximate surface area is 194 Å². The Morgan fingerprint density at radius 3 is 2.42 bits per heavy atom. The summed E-state index contributed by atoms with van der Waals surface area (Å²) in [6.07, 6.45) is 19.0. The summed E-state index contributed by atoms with van der Waals surface area (Å²) in [5.74, 6) is 5.60. The lowest BCUT2D eigenvalue weighted by Gasteiger charge is -2.58. The Morgan fingerprint density at radius 1 is 0.935 bits per heavy atom. The third-order valence-corrected chi connectivity index (χ3v) is 10.7. The van der Waals surface area contributed by atoms with Crippen LogP contribution in [0.4, 0.5) is 0 Å². The summed E-state index contributed by atoms with van der Waals surface area (Å²) < 4.78 is 6.25. The molecular formula is C30H52O. The molecule has 2 unspecified atom stereocenters. The molecule has 3 fully saturated rings. The van der Waals surface area contributed by atoms with E-state index < -0.39 is 0 Å². The van der Waals surface area contributed by atoms with Gasteiger partial charge in [-0.15, -0.1) is 0 Å². The molecule has 8 atom stereocenters. The molecule has 0 bridgehead atoms. The summed E-state index contributed by atoms with van der Waals surface area (Å²) in [5, 5.41) is 0. The van der Waals surface area contributed by atoms with Crippen LogP contribution < -0.4 is 0 Å². The van der Waals surface area contributed by atoms with Crippen molar-refractivity contribution in [3.05, 3.63) is 11.6 Å². The van der Waals surface area contributed by atoms with E-state index in [4.69, 9.17) is 4.74 Å². The number of ether oxygens (including phenoxy) is 1. The van der Waals surface area contributed by atoms with E-state index >= 15 is 0 Å². The van der Waals surface area contributed by atoms with Gasteiger partial charge in [0.25, 0.3) is 0 Å². The van der Waals surface area contributed by atoms with E-state index in [-0.39, 0.29) is 0 Å². The summed E-state index contributed by atoms with van der Waals surface area (Å²) in [6, 6.07) is 0. The zero-order valence-corrected chi connectivity index (χ0v) is 21.9. The first kappa shape index (κ1) is 23.8. The summed E-state index contributed by atoms with van der Waals surface area (Å²) in [5.41, 5.74) is 2.84. The molecule has 0 aromatic carbocycles. The Kier molecular flexibility index (Phi) is 7.04. The van der Waals surface area contributed by atoms with Crippen molar-refractivity contribution in [2.24, 2.45) is 46.3 Å². The zero-order valence-electron chi connectivity index (χ0n) is 21.9. The minimum Gasteiger partial charge on any atom is -0.375 e. The van der Waals surface area contributed by atoms with E-state index in [1.165, 1.54) is 70.6 Å². The third kappa shape index (κ3) is 4.43. The molecule has 0 aromatic heterocycles. The lowest BCUT2D eigenvalue weighted by atomic mass is 9.47. The van der Waals surface area contributed by atoms with E-state index in [9.17, 15) is 0 Å². The maximum Gasteiger partial charge on any atom is 0.0616 e. The highest BCUT2D eigenvalue weighted by Crippen LogP contribution is 2.67. The molecule has 0 N–H and O–H groups in total. The average molecular weight is 429 g/mol. The van der Waals surface area contributed by atoms with Gasteiger partial charge in [0.1, 0.15) is 0 Å². The third-order valence-electron chi connectivity index (χ3n) is 10.7. The minimum atomic E-state index is 0.361. The Bertz CT molecular complexity index is 647. The largest absolute Gasteiger partial charge is 0.375 e. The summed E-state index contributed by atoms with van der Waals surface area (Å²) >= 11 is 0. The highest BCUT2D eigenvalue weighted by molar-refractivity contribution is 5.25. The van der Waals surface area contributed by atoms with Gasteiger partial charge in [-0.3, -0.25) is 0 Å². The van der Waals surface area contributed by atoms with Gasteiger partial charge in [0, 0.05) is 0 Å². The van der Waals surface area contributed by atoms with Crippen LogP contribution in [0.5, 0.6) is 0 Å². The Hall–Kier alpha value is -0.300. The molecule has 4 aliphatic rings. The van der Waals surface area contributed by atoms with Crippen LogP contribution in [0, 0.1) is 46.3 Å². The number of fused-ring (bicyclic) bond motifs is 5. The predicted molar refractivity (Wildman–Crippen MR) is 133 cm³/mol. The van der Waals surface area contributed by atoms with E-state index in [0.717, 1.165) is 35.5 Å². The molecule has 0 aliphatic heterocycles. The van der Waals surface area contributed by atoms with E-state index in [1.54, 1.807) is 5.57 Å². The molecule has 0 saturated heterocycles. The molecule has 0 aromatic rings. The van der Waals surface area contributed by atoms with Crippen molar-refractivity contribution in [1.82, 2.24) is 0 Å². The quantitative estimate of drug-likeness (QED) is 0.368. The van der Waals surface area contributed by atoms with Gasteiger partial charge in [0.2, 0.25) is 0 Å². The lowest BCUT2D eigenvalue weighted by molar-refractivity contribution is -0.0707. The van der Waals surface area contributed by atoms with Crippen molar-refractivity contribution in [2.45, 2.75) is 131 Å². The van der Waals surface area contributed by atoms with Gasteiger partial charge in [0.05, 0.1) is 12.2 Å². The monoisotopic (exact) mass is 428 g/mol. The van der Waals surface area contributed by atoms with E-state index in [1.807, 2.05) is 0 Å². The fraction of sp³-hybridized carbons (Fsp3) is 0.933. The fourth-order valence-corrected chi connectivity index (χ4v) is 9.15. The van der Waals surface area contributed by atoms with Crippen molar-refractivity contribution >= 4 is 0 Å². The molecule has 1 heteroatoms. The smallest absolute Gasteiger partial charge is 0.0616 e. The van der Waals surface area contributed by atoms with Crippen LogP contribution in [0.15, 0.2) is 11.6 Å². The number of hydrogen-bond acceptors (Lipinski definition) is 1. The molecule has 1 nitrogen and oxygen atoms in total. The first-order chi connectivity index (χ1) is 14.6. The molecule has 31 heavy (non-hydrogen) atoms. The number of hydrogen-bond donors (Lipinski definition) is 0. The van der Waals surface area contributed by atoms with Gasteiger partial charge >= 0.3 is 0 Å². The fourth-order valence-electron chi connectivity index (χ4n) is 9.15. The van der Waals surface area contributed by atoms with Gasteiger partial charge in [-0.1, -0.05) is 65.5 Å². The second-order valence-electron chi connectivity index (χ2n) is 13.3. The number of rotatable bonds is 7. The van der Waals surface area contributed by atoms with Crippen LogP contribution in [0.1, 0.15) is 119 Å². The molecular weight excluding hydrogens is 376 g/mol. The number of allylic oxidation sites excluding steroid dienone is 1. The van der Waals surface area contributed by atoms with Crippen LogP contribution in [-0.2, 0) is 4.74 Å². The lowest BCUT2D eigenvalue weighted by Crippen LogP contribution is -2.51. The van der Waals surface area contributed by atoms with Crippen molar-refractivity contribution < 1.29 is 4.74 Å². The molecule has 0 spiro atoms. The zero-order chi connectivity index (χ0) is 22.4. The van der Waals surface area contributed by atoms with Crippen molar-refractivity contribution in [1.29, 1.82) is 0 Å². The molecule has 0 radical (unpaired) electrons. The standard InChI is InChI=1S/C30H52O/c1-20(2)9-8-10-22(5)26-13-14-27-25-12-11-23-19-24(31-21(3)4)15-17-29(23,6)28(25)16-18-30(26,27)7/h11,20-22,24-28H,8-10,12-19H2,1-7H3/t22-,24+,25+,26-,27?,28?,29+,30-/m1/s1. The van der Waals surface area contributed by atoms with Crippen LogP contribution >= 0.6 is 0 Å². The molecule has 0 heterocycles. The summed E-state index contributed by atoms with van der Waals surface area (Å²) in [4.78, 5) is 0. The van der Waals surface area contributed by atoms with Gasteiger partial charge in [0.15, 0.2) is 0 Å². The average Bonchev–Trinajstić information content (AvgIpc) is 3.05. The van der Waals surface area contributed by atoms with E-state index in [0.29, 0.717) is 23.0 Å². The van der Waals surface area contributed by atoms with Crippen LogP contribution in [0.25, 0.3) is 0 Å². The maximum atomic E-state index is 6.25.